The summed E-state index contributed by atoms with van der Waals surface area (Å²) < 4.78 is 0. The second-order valence-corrected chi connectivity index (χ2v) is 12.1. The molecule has 12 heteroatoms. The van der Waals surface area contributed by atoms with E-state index in [1.54, 1.807) is 146 Å². The molecule has 6 rings (SSSR count). The summed E-state index contributed by atoms with van der Waals surface area (Å²) in [5.41, 5.74) is 3.33. The molecule has 0 unspecified atom stereocenters. The average molecular weight is 731 g/mol. The highest BCUT2D eigenvalue weighted by Crippen LogP contribution is 2.25. The number of nitrogens with zero attached hydrogens (tertiary/aromatic N) is 4. The molecule has 2 atom stereocenters. The van der Waals surface area contributed by atoms with E-state index in [1.165, 1.54) is 12.4 Å². The lowest BCUT2D eigenvalue weighted by Crippen LogP contribution is -2.31. The SMILES string of the molecule is O=C(Nc1ccccc1C(=N[C@H](C[C@@H](N=C(c1ccccc1)c1ccccc1NC(=O)c1ccccn1)C(=O)O)C(=O)O)c1ccccc1)c1ccccn1. The molecule has 0 radical (unpaired) electrons. The van der Waals surface area contributed by atoms with Crippen molar-refractivity contribution in [3.8, 4) is 0 Å². The molecule has 0 bridgehead atoms. The van der Waals surface area contributed by atoms with Crippen molar-refractivity contribution in [2.45, 2.75) is 18.5 Å². The first-order valence-electron chi connectivity index (χ1n) is 17.1. The molecule has 4 N–H and O–H groups in total. The molecule has 272 valence electrons. The van der Waals surface area contributed by atoms with E-state index in [1.807, 2.05) is 0 Å². The van der Waals surface area contributed by atoms with Crippen LogP contribution in [-0.4, -0.2) is 67.4 Å². The number of anilines is 2. The maximum absolute atomic E-state index is 13.2. The molecule has 2 heterocycles. The number of hydrogen-bond donors (Lipinski definition) is 4. The molecule has 0 aliphatic heterocycles. The number of nitrogens with one attached hydrogen (secondary N) is 2. The lowest BCUT2D eigenvalue weighted by Gasteiger charge is -2.19. The zero-order valence-corrected chi connectivity index (χ0v) is 29.2. The van der Waals surface area contributed by atoms with E-state index in [0.29, 0.717) is 33.6 Å². The molecular formula is C43H34N6O6. The highest BCUT2D eigenvalue weighted by atomic mass is 16.4. The first-order valence-corrected chi connectivity index (χ1v) is 17.1. The number of carbonyl (C=O) groups is 4. The summed E-state index contributed by atoms with van der Waals surface area (Å²) in [6.45, 7) is 0. The molecule has 4 aromatic carbocycles. The Bertz CT molecular complexity index is 2190. The fraction of sp³-hybridized carbons (Fsp3) is 0.0698. The molecule has 0 spiro atoms. The molecule has 0 fully saturated rings. The van der Waals surface area contributed by atoms with Crippen LogP contribution in [0.4, 0.5) is 11.4 Å². The summed E-state index contributed by atoms with van der Waals surface area (Å²) in [6.07, 6.45) is 2.45. The predicted octanol–water partition coefficient (Wildman–Crippen LogP) is 6.65. The van der Waals surface area contributed by atoms with Crippen LogP contribution in [0.2, 0.25) is 0 Å². The van der Waals surface area contributed by atoms with Gasteiger partial charge in [0, 0.05) is 41.1 Å². The third-order valence-corrected chi connectivity index (χ3v) is 8.34. The van der Waals surface area contributed by atoms with E-state index in [4.69, 9.17) is 0 Å². The van der Waals surface area contributed by atoms with Gasteiger partial charge in [-0.05, 0) is 36.4 Å². The molecule has 12 nitrogen and oxygen atoms in total. The molecule has 0 saturated heterocycles. The number of benzene rings is 4. The van der Waals surface area contributed by atoms with E-state index in [0.717, 1.165) is 0 Å². The van der Waals surface area contributed by atoms with E-state index in [9.17, 15) is 29.4 Å². The number of carbonyl (C=O) groups excluding carboxylic acids is 2. The van der Waals surface area contributed by atoms with Crippen molar-refractivity contribution in [3.63, 3.8) is 0 Å². The smallest absolute Gasteiger partial charge is 0.328 e. The quantitative estimate of drug-likeness (QED) is 0.0898. The van der Waals surface area contributed by atoms with Gasteiger partial charge < -0.3 is 20.8 Å². The van der Waals surface area contributed by atoms with E-state index in [-0.39, 0.29) is 22.8 Å². The van der Waals surface area contributed by atoms with Crippen molar-refractivity contribution in [1.29, 1.82) is 0 Å². The fourth-order valence-electron chi connectivity index (χ4n) is 5.70. The number of pyridine rings is 2. The van der Waals surface area contributed by atoms with E-state index in [2.05, 4.69) is 30.6 Å². The first-order chi connectivity index (χ1) is 26.8. The number of carboxylic acids is 2. The number of carboxylic acid groups (broad SMARTS) is 2. The Kier molecular flexibility index (Phi) is 12.0. The van der Waals surface area contributed by atoms with Crippen LogP contribution in [0.5, 0.6) is 0 Å². The number of aromatic nitrogens is 2. The maximum atomic E-state index is 13.2. The Balaban J connectivity index is 1.41. The minimum absolute atomic E-state index is 0.174. The predicted molar refractivity (Wildman–Crippen MR) is 209 cm³/mol. The van der Waals surface area contributed by atoms with Crippen molar-refractivity contribution in [3.05, 3.63) is 192 Å². The van der Waals surface area contributed by atoms with Crippen LogP contribution in [0.3, 0.4) is 0 Å². The normalized spacial score (nSPS) is 12.6. The summed E-state index contributed by atoms with van der Waals surface area (Å²) >= 11 is 0. The van der Waals surface area contributed by atoms with Crippen molar-refractivity contribution in [2.75, 3.05) is 10.6 Å². The second kappa shape index (κ2) is 17.8. The van der Waals surface area contributed by atoms with Gasteiger partial charge in [-0.2, -0.15) is 0 Å². The van der Waals surface area contributed by atoms with Gasteiger partial charge in [0.2, 0.25) is 0 Å². The van der Waals surface area contributed by atoms with Crippen LogP contribution in [-0.2, 0) is 9.59 Å². The van der Waals surface area contributed by atoms with Crippen molar-refractivity contribution < 1.29 is 29.4 Å². The van der Waals surface area contributed by atoms with Gasteiger partial charge in [-0.15, -0.1) is 0 Å². The van der Waals surface area contributed by atoms with Gasteiger partial charge in [-0.25, -0.2) is 9.59 Å². The third kappa shape index (κ3) is 9.45. The molecular weight excluding hydrogens is 697 g/mol. The largest absolute Gasteiger partial charge is 0.480 e. The van der Waals surface area contributed by atoms with Gasteiger partial charge in [0.1, 0.15) is 11.4 Å². The lowest BCUT2D eigenvalue weighted by atomic mass is 9.98. The Morgan fingerprint density at radius 2 is 0.855 bits per heavy atom. The summed E-state index contributed by atoms with van der Waals surface area (Å²) in [4.78, 5) is 69.8. The number of aliphatic imine (C=N–C) groups is 2. The summed E-state index contributed by atoms with van der Waals surface area (Å²) in [6, 6.07) is 37.8. The maximum Gasteiger partial charge on any atom is 0.328 e. The number of rotatable bonds is 14. The zero-order chi connectivity index (χ0) is 38.6. The minimum Gasteiger partial charge on any atom is -0.480 e. The Hall–Kier alpha value is -7.60. The number of amides is 2. The highest BCUT2D eigenvalue weighted by molar-refractivity contribution is 6.19. The summed E-state index contributed by atoms with van der Waals surface area (Å²) in [7, 11) is 0. The molecule has 6 aromatic rings. The number of para-hydroxylation sites is 2. The van der Waals surface area contributed by atoms with E-state index >= 15 is 0 Å². The monoisotopic (exact) mass is 730 g/mol. The van der Waals surface area contributed by atoms with Crippen molar-refractivity contribution in [2.24, 2.45) is 9.98 Å². The van der Waals surface area contributed by atoms with Crippen LogP contribution in [0.1, 0.15) is 49.7 Å². The van der Waals surface area contributed by atoms with Gasteiger partial charge in [0.05, 0.1) is 22.8 Å². The topological polar surface area (TPSA) is 183 Å². The minimum atomic E-state index is -1.60. The van der Waals surface area contributed by atoms with Crippen LogP contribution in [0.25, 0.3) is 0 Å². The van der Waals surface area contributed by atoms with Gasteiger partial charge in [0.25, 0.3) is 11.8 Å². The fourth-order valence-corrected chi connectivity index (χ4v) is 5.70. The van der Waals surface area contributed by atoms with Gasteiger partial charge in [-0.1, -0.05) is 109 Å². The van der Waals surface area contributed by atoms with Gasteiger partial charge in [0.15, 0.2) is 12.1 Å². The molecule has 55 heavy (non-hydrogen) atoms. The summed E-state index contributed by atoms with van der Waals surface area (Å²) in [5.74, 6) is -3.73. The third-order valence-electron chi connectivity index (χ3n) is 8.34. The number of hydrogen-bond acceptors (Lipinski definition) is 8. The molecule has 0 aliphatic carbocycles. The Morgan fingerprint density at radius 1 is 0.491 bits per heavy atom. The molecule has 2 amide bonds. The second-order valence-electron chi connectivity index (χ2n) is 12.1. The van der Waals surface area contributed by atoms with Gasteiger partial charge >= 0.3 is 11.9 Å². The standard InChI is InChI=1S/C43H34N6O6/c50-40(34-23-11-13-25-44-34)48-32-21-9-7-19-30(32)38(28-15-3-1-4-16-28)46-36(42(52)53)27-37(43(54)55)47-39(29-17-5-2-6-18-29)31-20-8-10-22-33(31)49-41(51)35-24-12-14-26-45-35/h1-26,36-37H,27H2,(H,48,50)(H,49,51)(H,52,53)(H,54,55)/t36-,37-/m1/s1. The lowest BCUT2D eigenvalue weighted by molar-refractivity contribution is -0.140. The molecule has 2 aromatic heterocycles. The van der Waals surface area contributed by atoms with Crippen LogP contribution in [0, 0.1) is 0 Å². The van der Waals surface area contributed by atoms with Crippen LogP contribution >= 0.6 is 0 Å². The number of aliphatic carboxylic acids is 2. The Labute approximate surface area is 316 Å². The first kappa shape index (κ1) is 37.2. The summed E-state index contributed by atoms with van der Waals surface area (Å²) in [5, 5.41) is 26.8. The van der Waals surface area contributed by atoms with E-state index < -0.39 is 42.3 Å². The van der Waals surface area contributed by atoms with Crippen molar-refractivity contribution in [1.82, 2.24) is 9.97 Å². The highest BCUT2D eigenvalue weighted by Gasteiger charge is 2.29. The van der Waals surface area contributed by atoms with Crippen LogP contribution < -0.4 is 10.6 Å². The Morgan fingerprint density at radius 3 is 1.22 bits per heavy atom. The molecule has 0 saturated carbocycles. The zero-order valence-electron chi connectivity index (χ0n) is 29.2. The average Bonchev–Trinajstić information content (AvgIpc) is 3.22. The van der Waals surface area contributed by atoms with Gasteiger partial charge in [-0.3, -0.25) is 29.5 Å². The molecule has 0 aliphatic rings. The van der Waals surface area contributed by atoms with Crippen LogP contribution in [0.15, 0.2) is 168 Å². The van der Waals surface area contributed by atoms with Crippen molar-refractivity contribution >= 4 is 46.6 Å².